The normalized spacial score (nSPS) is 12.5. The second-order valence-electron chi connectivity index (χ2n) is 7.86. The van der Waals surface area contributed by atoms with Crippen LogP contribution >= 0.6 is 0 Å². The molecule has 1 N–H and O–H groups in total. The van der Waals surface area contributed by atoms with Gasteiger partial charge in [-0.1, -0.05) is 78.1 Å². The first kappa shape index (κ1) is 29.8. The number of hydrogen-bond acceptors (Lipinski definition) is 7. The third-order valence-electron chi connectivity index (χ3n) is 4.95. The molecule has 31 heavy (non-hydrogen) atoms. The van der Waals surface area contributed by atoms with Gasteiger partial charge < -0.3 is 9.47 Å². The molecule has 0 saturated carbocycles. The van der Waals surface area contributed by atoms with Crippen molar-refractivity contribution >= 4 is 22.3 Å². The second-order valence-corrected chi connectivity index (χ2v) is 8.95. The zero-order valence-electron chi connectivity index (χ0n) is 19.3. The Balaban J connectivity index is 4.31. The highest BCUT2D eigenvalue weighted by Gasteiger charge is 2.25. The van der Waals surface area contributed by atoms with Crippen LogP contribution in [0.25, 0.3) is 0 Å². The Morgan fingerprint density at radius 3 is 1.74 bits per heavy atom. The number of carbonyl (C=O) groups excluding carboxylic acids is 2. The van der Waals surface area contributed by atoms with E-state index in [1.165, 1.54) is 25.7 Å². The molecule has 0 radical (unpaired) electrons. The molecule has 0 aromatic carbocycles. The van der Waals surface area contributed by atoms with Gasteiger partial charge in [-0.2, -0.15) is 8.42 Å². The first-order valence-corrected chi connectivity index (χ1v) is 13.1. The summed E-state index contributed by atoms with van der Waals surface area (Å²) in [5.41, 5.74) is 0. The van der Waals surface area contributed by atoms with Gasteiger partial charge in [-0.05, 0) is 19.3 Å². The van der Waals surface area contributed by atoms with Crippen molar-refractivity contribution in [3.63, 3.8) is 0 Å². The number of carbonyl (C=O) groups is 2. The van der Waals surface area contributed by atoms with Crippen LogP contribution in [0.2, 0.25) is 0 Å². The van der Waals surface area contributed by atoms with Crippen LogP contribution in [0.4, 0.5) is 0 Å². The highest BCUT2D eigenvalue weighted by Crippen LogP contribution is 2.15. The Morgan fingerprint density at radius 1 is 0.742 bits per heavy atom. The number of esters is 2. The molecule has 184 valence electrons. The van der Waals surface area contributed by atoms with E-state index >= 15 is 0 Å². The summed E-state index contributed by atoms with van der Waals surface area (Å²) in [6.45, 7) is 4.43. The van der Waals surface area contributed by atoms with E-state index in [0.717, 1.165) is 51.4 Å². The predicted octanol–water partition coefficient (Wildman–Crippen LogP) is 5.01. The van der Waals surface area contributed by atoms with E-state index < -0.39 is 34.9 Å². The summed E-state index contributed by atoms with van der Waals surface area (Å²) in [6, 6.07) is 0. The number of unbranched alkanes of at least 4 members (excludes halogenated alkanes) is 10. The van der Waals surface area contributed by atoms with Crippen LogP contribution in [0.15, 0.2) is 0 Å². The lowest BCUT2D eigenvalue weighted by molar-refractivity contribution is -0.155. The fourth-order valence-electron chi connectivity index (χ4n) is 3.10. The van der Waals surface area contributed by atoms with Crippen molar-refractivity contribution in [2.45, 2.75) is 104 Å². The van der Waals surface area contributed by atoms with E-state index in [1.54, 1.807) is 0 Å². The van der Waals surface area contributed by atoms with E-state index in [-0.39, 0.29) is 19.4 Å². The molecule has 0 aliphatic rings. The van der Waals surface area contributed by atoms with Gasteiger partial charge in [0.25, 0.3) is 0 Å². The summed E-state index contributed by atoms with van der Waals surface area (Å²) >= 11 is 0. The lowest BCUT2D eigenvalue weighted by atomic mass is 10.0. The van der Waals surface area contributed by atoms with Gasteiger partial charge in [-0.3, -0.25) is 14.1 Å². The molecule has 0 aromatic heterocycles. The minimum atomic E-state index is -4.60. The molecule has 0 aliphatic heterocycles. The topological polar surface area (TPSA) is 116 Å². The van der Waals surface area contributed by atoms with Crippen LogP contribution in [0.3, 0.4) is 0 Å². The van der Waals surface area contributed by atoms with Gasteiger partial charge in [0.2, 0.25) is 0 Å². The maximum absolute atomic E-state index is 12.3. The van der Waals surface area contributed by atoms with Crippen molar-refractivity contribution in [1.29, 1.82) is 0 Å². The molecular weight excluding hydrogens is 424 g/mol. The molecule has 0 rings (SSSR count). The monoisotopic (exact) mass is 466 g/mol. The lowest BCUT2D eigenvalue weighted by Gasteiger charge is -2.15. The first-order valence-electron chi connectivity index (χ1n) is 11.7. The summed E-state index contributed by atoms with van der Waals surface area (Å²) in [7, 11) is -4.60. The highest BCUT2D eigenvalue weighted by molar-refractivity contribution is 7.80. The van der Waals surface area contributed by atoms with Crippen LogP contribution in [0.5, 0.6) is 0 Å². The van der Waals surface area contributed by atoms with E-state index in [2.05, 4.69) is 18.0 Å². The molecule has 1 atom stereocenters. The SMILES string of the molecule is CCCCCCCCOC(=O)CC(CCOS(=O)(=O)O)C(=O)OCCCCCCCC. The fourth-order valence-corrected chi connectivity index (χ4v) is 3.41. The zero-order valence-corrected chi connectivity index (χ0v) is 20.1. The predicted molar refractivity (Wildman–Crippen MR) is 119 cm³/mol. The van der Waals surface area contributed by atoms with E-state index in [1.807, 2.05) is 0 Å². The van der Waals surface area contributed by atoms with Crippen LogP contribution in [0.1, 0.15) is 104 Å². The molecule has 0 aliphatic carbocycles. The average molecular weight is 467 g/mol. The fraction of sp³-hybridized carbons (Fsp3) is 0.909. The van der Waals surface area contributed by atoms with E-state index in [4.69, 9.17) is 14.0 Å². The molecule has 9 heteroatoms. The average Bonchev–Trinajstić information content (AvgIpc) is 2.70. The number of ether oxygens (including phenoxy) is 2. The summed E-state index contributed by atoms with van der Waals surface area (Å²) in [4.78, 5) is 24.4. The van der Waals surface area contributed by atoms with Gasteiger partial charge in [-0.15, -0.1) is 0 Å². The second kappa shape index (κ2) is 19.5. The molecule has 1 unspecified atom stereocenters. The van der Waals surface area contributed by atoms with Crippen molar-refractivity contribution in [3.8, 4) is 0 Å². The van der Waals surface area contributed by atoms with Crippen LogP contribution in [-0.4, -0.2) is 44.7 Å². The Kier molecular flexibility index (Phi) is 18.7. The van der Waals surface area contributed by atoms with Crippen molar-refractivity contribution in [2.75, 3.05) is 19.8 Å². The summed E-state index contributed by atoms with van der Waals surface area (Å²) in [6.07, 6.45) is 12.4. The van der Waals surface area contributed by atoms with Gasteiger partial charge in [0.15, 0.2) is 0 Å². The maximum Gasteiger partial charge on any atom is 0.397 e. The third kappa shape index (κ3) is 20.5. The van der Waals surface area contributed by atoms with Crippen LogP contribution in [-0.2, 0) is 33.6 Å². The van der Waals surface area contributed by atoms with Crippen molar-refractivity contribution in [3.05, 3.63) is 0 Å². The quantitative estimate of drug-likeness (QED) is 0.143. The summed E-state index contributed by atoms with van der Waals surface area (Å²) < 4.78 is 44.9. The molecule has 0 amide bonds. The van der Waals surface area contributed by atoms with Gasteiger partial charge in [0, 0.05) is 0 Å². The Labute approximate surface area is 188 Å². The lowest BCUT2D eigenvalue weighted by Crippen LogP contribution is -2.24. The van der Waals surface area contributed by atoms with Crippen molar-refractivity contribution in [2.24, 2.45) is 5.92 Å². The summed E-state index contributed by atoms with van der Waals surface area (Å²) in [5, 5.41) is 0. The Hall–Kier alpha value is -1.19. The Bertz CT molecular complexity index is 562. The Morgan fingerprint density at radius 2 is 1.23 bits per heavy atom. The molecule has 0 spiro atoms. The zero-order chi connectivity index (χ0) is 23.4. The van der Waals surface area contributed by atoms with Crippen molar-refractivity contribution in [1.82, 2.24) is 0 Å². The van der Waals surface area contributed by atoms with Gasteiger partial charge in [0.1, 0.15) is 0 Å². The van der Waals surface area contributed by atoms with Crippen LogP contribution in [0, 0.1) is 5.92 Å². The molecule has 0 fully saturated rings. The van der Waals surface area contributed by atoms with E-state index in [9.17, 15) is 18.0 Å². The molecule has 0 bridgehead atoms. The first-order chi connectivity index (χ1) is 14.8. The standard InChI is InChI=1S/C22H42O8S/c1-3-5-7-9-11-13-16-28-21(23)19-20(15-18-30-31(25,26)27)22(24)29-17-14-12-10-8-6-4-2/h20H,3-19H2,1-2H3,(H,25,26,27). The minimum absolute atomic E-state index is 0.0682. The molecule has 8 nitrogen and oxygen atoms in total. The smallest absolute Gasteiger partial charge is 0.397 e. The third-order valence-corrected chi connectivity index (χ3v) is 5.41. The molecule has 0 saturated heterocycles. The largest absolute Gasteiger partial charge is 0.466 e. The summed E-state index contributed by atoms with van der Waals surface area (Å²) in [5.74, 6) is -1.98. The number of rotatable bonds is 21. The van der Waals surface area contributed by atoms with Crippen LogP contribution < -0.4 is 0 Å². The van der Waals surface area contributed by atoms with Gasteiger partial charge in [-0.25, -0.2) is 4.18 Å². The molecular formula is C22H42O8S. The highest BCUT2D eigenvalue weighted by atomic mass is 32.3. The molecule has 0 aromatic rings. The van der Waals surface area contributed by atoms with Gasteiger partial charge >= 0.3 is 22.3 Å². The maximum atomic E-state index is 12.3. The van der Waals surface area contributed by atoms with E-state index in [0.29, 0.717) is 6.61 Å². The number of hydrogen-bond donors (Lipinski definition) is 1. The molecule has 0 heterocycles. The minimum Gasteiger partial charge on any atom is -0.466 e. The van der Waals surface area contributed by atoms with Gasteiger partial charge in [0.05, 0.1) is 32.2 Å². The van der Waals surface area contributed by atoms with Crippen molar-refractivity contribution < 1.29 is 36.2 Å².